The summed E-state index contributed by atoms with van der Waals surface area (Å²) in [5.41, 5.74) is 0.0234. The fourth-order valence-electron chi connectivity index (χ4n) is 3.27. The Morgan fingerprint density at radius 1 is 1.30 bits per heavy atom. The summed E-state index contributed by atoms with van der Waals surface area (Å²) < 4.78 is 11.0. The van der Waals surface area contributed by atoms with Gasteiger partial charge in [0.1, 0.15) is 11.8 Å². The molecular formula is C19H21N3O8. The second-order valence-corrected chi connectivity index (χ2v) is 6.70. The Bertz CT molecular complexity index is 900. The van der Waals surface area contributed by atoms with Crippen LogP contribution in [0.3, 0.4) is 0 Å². The van der Waals surface area contributed by atoms with Crippen LogP contribution in [0.4, 0.5) is 0 Å². The predicted molar refractivity (Wildman–Crippen MR) is 99.3 cm³/mol. The number of benzene rings is 1. The number of carbonyl (C=O) groups is 5. The highest BCUT2D eigenvalue weighted by atomic mass is 16.7. The van der Waals surface area contributed by atoms with E-state index in [0.717, 1.165) is 4.90 Å². The van der Waals surface area contributed by atoms with Crippen LogP contribution < -0.4 is 15.4 Å². The fourth-order valence-corrected chi connectivity index (χ4v) is 3.27. The quantitative estimate of drug-likeness (QED) is 0.356. The highest BCUT2D eigenvalue weighted by molar-refractivity contribution is 6.24. The molecule has 30 heavy (non-hydrogen) atoms. The average Bonchev–Trinajstić information content (AvgIpc) is 2.95. The maximum absolute atomic E-state index is 13.0. The molecule has 3 N–H and O–H groups in total. The maximum atomic E-state index is 13.0. The van der Waals surface area contributed by atoms with Crippen LogP contribution in [0.1, 0.15) is 40.5 Å². The van der Waals surface area contributed by atoms with E-state index < -0.39 is 36.0 Å². The molecule has 0 aromatic heterocycles. The third kappa shape index (κ3) is 4.31. The van der Waals surface area contributed by atoms with Gasteiger partial charge in [0.25, 0.3) is 11.8 Å². The number of rotatable bonds is 8. The lowest BCUT2D eigenvalue weighted by Gasteiger charge is -2.27. The fraction of sp³-hybridized carbons (Fsp3) is 0.421. The van der Waals surface area contributed by atoms with Gasteiger partial charge in [-0.2, -0.15) is 0 Å². The summed E-state index contributed by atoms with van der Waals surface area (Å²) in [7, 11) is 0. The van der Waals surface area contributed by atoms with Crippen molar-refractivity contribution >= 4 is 29.5 Å². The topological polar surface area (TPSA) is 151 Å². The monoisotopic (exact) mass is 419 g/mol. The Balaban J connectivity index is 1.85. The zero-order valence-corrected chi connectivity index (χ0v) is 16.2. The van der Waals surface area contributed by atoms with Crippen LogP contribution in [0.25, 0.3) is 0 Å². The average molecular weight is 419 g/mol. The lowest BCUT2D eigenvalue weighted by Crippen LogP contribution is -2.54. The molecule has 11 heteroatoms. The van der Waals surface area contributed by atoms with Crippen LogP contribution in [-0.2, 0) is 19.1 Å². The second-order valence-electron chi connectivity index (χ2n) is 6.70. The van der Waals surface area contributed by atoms with Crippen LogP contribution in [0.5, 0.6) is 5.75 Å². The van der Waals surface area contributed by atoms with Crippen molar-refractivity contribution < 1.29 is 38.6 Å². The van der Waals surface area contributed by atoms with Gasteiger partial charge in [-0.15, -0.1) is 0 Å². The molecule has 0 aliphatic carbocycles. The molecule has 11 nitrogen and oxygen atoms in total. The zero-order valence-electron chi connectivity index (χ0n) is 16.2. The van der Waals surface area contributed by atoms with Gasteiger partial charge in [-0.3, -0.25) is 34.2 Å². The van der Waals surface area contributed by atoms with Crippen molar-refractivity contribution in [1.29, 1.82) is 0 Å². The Labute approximate surface area is 171 Å². The number of imide groups is 2. The number of amides is 5. The highest BCUT2D eigenvalue weighted by Gasteiger charge is 2.46. The van der Waals surface area contributed by atoms with E-state index in [1.807, 2.05) is 0 Å². The Morgan fingerprint density at radius 3 is 2.73 bits per heavy atom. The minimum absolute atomic E-state index is 0.0148. The van der Waals surface area contributed by atoms with Crippen molar-refractivity contribution in [1.82, 2.24) is 15.5 Å². The van der Waals surface area contributed by atoms with E-state index in [0.29, 0.717) is 0 Å². The van der Waals surface area contributed by atoms with E-state index in [4.69, 9.17) is 14.6 Å². The van der Waals surface area contributed by atoms with Crippen LogP contribution >= 0.6 is 0 Å². The summed E-state index contributed by atoms with van der Waals surface area (Å²) in [5.74, 6) is -2.85. The molecule has 160 valence electrons. The number of fused-ring (bicyclic) bond motifs is 1. The minimum Gasteiger partial charge on any atom is -0.462 e. The molecule has 2 atom stereocenters. The number of ether oxygens (including phenoxy) is 2. The largest absolute Gasteiger partial charge is 0.462 e. The van der Waals surface area contributed by atoms with E-state index in [1.54, 1.807) is 0 Å². The van der Waals surface area contributed by atoms with E-state index in [1.165, 1.54) is 25.1 Å². The van der Waals surface area contributed by atoms with Gasteiger partial charge in [-0.05, 0) is 18.6 Å². The summed E-state index contributed by atoms with van der Waals surface area (Å²) in [6.07, 6.45) is -0.974. The van der Waals surface area contributed by atoms with Crippen molar-refractivity contribution in [3.05, 3.63) is 29.3 Å². The molecule has 0 bridgehead atoms. The van der Waals surface area contributed by atoms with Gasteiger partial charge in [0, 0.05) is 13.3 Å². The lowest BCUT2D eigenvalue weighted by molar-refractivity contribution is -0.136. The first-order chi connectivity index (χ1) is 14.3. The molecule has 0 spiro atoms. The maximum Gasteiger partial charge on any atom is 0.266 e. The number of aliphatic hydroxyl groups is 1. The summed E-state index contributed by atoms with van der Waals surface area (Å²) in [6.45, 7) is 0.892. The van der Waals surface area contributed by atoms with Crippen molar-refractivity contribution in [2.24, 2.45) is 0 Å². The van der Waals surface area contributed by atoms with Crippen LogP contribution in [-0.4, -0.2) is 71.6 Å². The van der Waals surface area contributed by atoms with Crippen molar-refractivity contribution in [2.45, 2.75) is 32.1 Å². The minimum atomic E-state index is -1.09. The van der Waals surface area contributed by atoms with Gasteiger partial charge < -0.3 is 19.9 Å². The Kier molecular flexibility index (Phi) is 6.43. The third-order valence-electron chi connectivity index (χ3n) is 4.60. The van der Waals surface area contributed by atoms with Crippen LogP contribution in [0.15, 0.2) is 18.2 Å². The van der Waals surface area contributed by atoms with E-state index >= 15 is 0 Å². The molecule has 1 aromatic carbocycles. The van der Waals surface area contributed by atoms with Gasteiger partial charge in [0.05, 0.1) is 30.9 Å². The Hall–Kier alpha value is -3.31. The number of nitrogens with one attached hydrogen (secondary N) is 2. The number of aliphatic hydroxyl groups excluding tert-OH is 1. The summed E-state index contributed by atoms with van der Waals surface area (Å²) in [5, 5.41) is 13.6. The van der Waals surface area contributed by atoms with Gasteiger partial charge in [-0.1, -0.05) is 6.07 Å². The predicted octanol–water partition coefficient (Wildman–Crippen LogP) is -1.06. The summed E-state index contributed by atoms with van der Waals surface area (Å²) in [6, 6.07) is 3.31. The summed E-state index contributed by atoms with van der Waals surface area (Å²) >= 11 is 0. The number of nitrogens with zero attached hydrogens (tertiary/aromatic N) is 1. The molecule has 5 amide bonds. The van der Waals surface area contributed by atoms with Gasteiger partial charge in [0.2, 0.25) is 24.0 Å². The Morgan fingerprint density at radius 2 is 2.07 bits per heavy atom. The number of hydrogen-bond acceptors (Lipinski definition) is 8. The van der Waals surface area contributed by atoms with Gasteiger partial charge >= 0.3 is 0 Å². The van der Waals surface area contributed by atoms with E-state index in [2.05, 4.69) is 10.6 Å². The molecule has 2 aliphatic rings. The highest BCUT2D eigenvalue weighted by Crippen LogP contribution is 2.34. The first kappa shape index (κ1) is 21.4. The van der Waals surface area contributed by atoms with E-state index in [-0.39, 0.29) is 55.4 Å². The smallest absolute Gasteiger partial charge is 0.266 e. The molecule has 2 aliphatic heterocycles. The summed E-state index contributed by atoms with van der Waals surface area (Å²) in [4.78, 5) is 61.4. The molecule has 1 aromatic rings. The molecule has 0 radical (unpaired) electrons. The normalized spacial score (nSPS) is 19.4. The molecule has 3 rings (SSSR count). The van der Waals surface area contributed by atoms with Crippen molar-refractivity contribution in [2.75, 3.05) is 19.8 Å². The third-order valence-corrected chi connectivity index (χ3v) is 4.60. The number of piperidine rings is 1. The van der Waals surface area contributed by atoms with Gasteiger partial charge in [-0.25, -0.2) is 0 Å². The van der Waals surface area contributed by atoms with Crippen LogP contribution in [0, 0.1) is 0 Å². The molecule has 2 heterocycles. The van der Waals surface area contributed by atoms with Crippen LogP contribution in [0.2, 0.25) is 0 Å². The molecule has 1 saturated heterocycles. The number of hydrogen-bond donors (Lipinski definition) is 3. The molecular weight excluding hydrogens is 398 g/mol. The van der Waals surface area contributed by atoms with Gasteiger partial charge in [0.15, 0.2) is 0 Å². The van der Waals surface area contributed by atoms with E-state index in [9.17, 15) is 24.0 Å². The first-order valence-corrected chi connectivity index (χ1v) is 9.31. The zero-order chi connectivity index (χ0) is 21.8. The van der Waals surface area contributed by atoms with Crippen molar-refractivity contribution in [3.63, 3.8) is 0 Å². The molecule has 0 saturated carbocycles. The second kappa shape index (κ2) is 9.01. The molecule has 1 fully saturated rings. The molecule has 2 unspecified atom stereocenters. The first-order valence-electron chi connectivity index (χ1n) is 9.31. The number of carbonyl (C=O) groups excluding carboxylic acids is 5. The lowest BCUT2D eigenvalue weighted by atomic mass is 10.0. The van der Waals surface area contributed by atoms with Crippen molar-refractivity contribution in [3.8, 4) is 5.75 Å². The SMILES string of the molecule is CC(=O)NCC(OCCO)Oc1cccc2c1C(=O)N(C1CCC(=O)NC1=O)C2=O. The standard InChI is InChI=1S/C19H21N3O8/c1-10(24)20-9-15(29-8-7-23)30-13-4-2-3-11-16(13)19(28)22(18(11)27)12-5-6-14(25)21-17(12)26/h2-4,12,15,23H,5-9H2,1H3,(H,20,24)(H,21,25,26).